The zero-order chi connectivity index (χ0) is 11.7. The molecule has 5 heteroatoms. The molecule has 0 radical (unpaired) electrons. The van der Waals surface area contributed by atoms with E-state index in [4.69, 9.17) is 0 Å². The van der Waals surface area contributed by atoms with Crippen LogP contribution in [0, 0.1) is 0 Å². The second-order valence-corrected chi connectivity index (χ2v) is 5.63. The van der Waals surface area contributed by atoms with E-state index in [1.54, 1.807) is 0 Å². The lowest BCUT2D eigenvalue weighted by Gasteiger charge is -2.29. The minimum atomic E-state index is 0. The molecule has 104 valence electrons. The van der Waals surface area contributed by atoms with Crippen LogP contribution in [-0.4, -0.2) is 54.1 Å². The Morgan fingerprint density at radius 3 is 2.39 bits per heavy atom. The van der Waals surface area contributed by atoms with Gasteiger partial charge in [-0.05, 0) is 12.8 Å². The van der Waals surface area contributed by atoms with E-state index >= 15 is 0 Å². The first-order valence-corrected chi connectivity index (χ1v) is 7.14. The molecule has 0 aromatic rings. The molecule has 3 fully saturated rings. The molecule has 4 nitrogen and oxygen atoms in total. The lowest BCUT2D eigenvalue weighted by molar-refractivity contribution is 0.166. The fourth-order valence-corrected chi connectivity index (χ4v) is 3.52. The van der Waals surface area contributed by atoms with Gasteiger partial charge in [-0.3, -0.25) is 0 Å². The Balaban J connectivity index is 0.00000120. The zero-order valence-corrected chi connectivity index (χ0v) is 11.8. The molecule has 2 amide bonds. The van der Waals surface area contributed by atoms with Crippen LogP contribution >= 0.6 is 12.4 Å². The van der Waals surface area contributed by atoms with Crippen LogP contribution in [-0.2, 0) is 0 Å². The molecular formula is C13H24ClN3O. The van der Waals surface area contributed by atoms with E-state index in [2.05, 4.69) is 15.1 Å². The molecule has 0 spiro atoms. The van der Waals surface area contributed by atoms with E-state index in [0.717, 1.165) is 26.2 Å². The number of rotatable bonds is 1. The number of halogens is 1. The molecule has 0 bridgehead atoms. The van der Waals surface area contributed by atoms with Gasteiger partial charge in [0, 0.05) is 32.2 Å². The first-order chi connectivity index (χ1) is 8.36. The average molecular weight is 274 g/mol. The fraction of sp³-hybridized carbons (Fsp3) is 0.923. The van der Waals surface area contributed by atoms with Crippen LogP contribution in [0.1, 0.15) is 38.5 Å². The summed E-state index contributed by atoms with van der Waals surface area (Å²) in [5, 5.41) is 3.39. The number of piperazine rings is 1. The number of nitrogens with one attached hydrogen (secondary N) is 1. The predicted octanol–water partition coefficient (Wildman–Crippen LogP) is 1.84. The lowest BCUT2D eigenvalue weighted by atomic mass is 10.1. The quantitative estimate of drug-likeness (QED) is 0.740. The van der Waals surface area contributed by atoms with Crippen molar-refractivity contribution in [3.63, 3.8) is 0 Å². The van der Waals surface area contributed by atoms with Crippen molar-refractivity contribution >= 4 is 18.4 Å². The third kappa shape index (κ3) is 2.59. The monoisotopic (exact) mass is 273 g/mol. The zero-order valence-electron chi connectivity index (χ0n) is 10.9. The highest BCUT2D eigenvalue weighted by molar-refractivity contribution is 5.85. The first kappa shape index (κ1) is 13.9. The molecule has 2 heterocycles. The Labute approximate surface area is 115 Å². The van der Waals surface area contributed by atoms with Gasteiger partial charge in [0.25, 0.3) is 0 Å². The number of carbonyl (C=O) groups is 1. The van der Waals surface area contributed by atoms with Gasteiger partial charge in [-0.15, -0.1) is 12.4 Å². The van der Waals surface area contributed by atoms with Crippen LogP contribution < -0.4 is 5.32 Å². The standard InChI is InChI=1S/C13H23N3O.ClH/c17-13-15-8-7-14-9-12(15)10-16(13)11-5-3-1-2-4-6-11;/h11-12,14H,1-10H2;1H. The van der Waals surface area contributed by atoms with Gasteiger partial charge in [-0.25, -0.2) is 4.79 Å². The molecular weight excluding hydrogens is 250 g/mol. The smallest absolute Gasteiger partial charge is 0.320 e. The Hall–Kier alpha value is -0.480. The summed E-state index contributed by atoms with van der Waals surface area (Å²) < 4.78 is 0. The molecule has 2 aliphatic heterocycles. The minimum absolute atomic E-state index is 0. The number of urea groups is 1. The van der Waals surface area contributed by atoms with E-state index in [0.29, 0.717) is 18.1 Å². The van der Waals surface area contributed by atoms with E-state index in [1.807, 2.05) is 0 Å². The molecule has 1 saturated carbocycles. The van der Waals surface area contributed by atoms with Crippen LogP contribution in [0.15, 0.2) is 0 Å². The number of fused-ring (bicyclic) bond motifs is 1. The highest BCUT2D eigenvalue weighted by Gasteiger charge is 2.41. The van der Waals surface area contributed by atoms with Crippen LogP contribution in [0.4, 0.5) is 4.79 Å². The van der Waals surface area contributed by atoms with Gasteiger partial charge in [0.2, 0.25) is 0 Å². The fourth-order valence-electron chi connectivity index (χ4n) is 3.52. The van der Waals surface area contributed by atoms with Crippen molar-refractivity contribution in [2.45, 2.75) is 50.6 Å². The summed E-state index contributed by atoms with van der Waals surface area (Å²) in [4.78, 5) is 16.6. The summed E-state index contributed by atoms with van der Waals surface area (Å²) in [5.41, 5.74) is 0. The van der Waals surface area contributed by atoms with Gasteiger partial charge in [0.1, 0.15) is 0 Å². The lowest BCUT2D eigenvalue weighted by Crippen LogP contribution is -2.50. The van der Waals surface area contributed by atoms with Crippen LogP contribution in [0.25, 0.3) is 0 Å². The highest BCUT2D eigenvalue weighted by atomic mass is 35.5. The third-order valence-electron chi connectivity index (χ3n) is 4.51. The summed E-state index contributed by atoms with van der Waals surface area (Å²) in [6, 6.07) is 1.26. The van der Waals surface area contributed by atoms with Crippen molar-refractivity contribution in [3.05, 3.63) is 0 Å². The number of hydrogen-bond acceptors (Lipinski definition) is 2. The summed E-state index contributed by atoms with van der Waals surface area (Å²) in [7, 11) is 0. The Morgan fingerprint density at radius 2 is 1.72 bits per heavy atom. The predicted molar refractivity (Wildman–Crippen MR) is 74.2 cm³/mol. The molecule has 1 atom stereocenters. The number of nitrogens with zero attached hydrogens (tertiary/aromatic N) is 2. The second kappa shape index (κ2) is 6.11. The van der Waals surface area contributed by atoms with Crippen molar-refractivity contribution in [1.82, 2.24) is 15.1 Å². The van der Waals surface area contributed by atoms with Crippen molar-refractivity contribution < 1.29 is 4.79 Å². The van der Waals surface area contributed by atoms with Gasteiger partial charge < -0.3 is 15.1 Å². The first-order valence-electron chi connectivity index (χ1n) is 7.14. The van der Waals surface area contributed by atoms with Crippen LogP contribution in [0.3, 0.4) is 0 Å². The topological polar surface area (TPSA) is 35.6 Å². The molecule has 3 rings (SSSR count). The van der Waals surface area contributed by atoms with Gasteiger partial charge in [-0.1, -0.05) is 25.7 Å². The maximum absolute atomic E-state index is 12.4. The van der Waals surface area contributed by atoms with Gasteiger partial charge >= 0.3 is 6.03 Å². The molecule has 1 unspecified atom stereocenters. The Morgan fingerprint density at radius 1 is 1.00 bits per heavy atom. The summed E-state index contributed by atoms with van der Waals surface area (Å²) in [6.07, 6.45) is 7.76. The van der Waals surface area contributed by atoms with Crippen LogP contribution in [0.2, 0.25) is 0 Å². The van der Waals surface area contributed by atoms with E-state index < -0.39 is 0 Å². The number of hydrogen-bond donors (Lipinski definition) is 1. The SMILES string of the molecule is Cl.O=C1N2CCNCC2CN1C1CCCCCC1. The summed E-state index contributed by atoms with van der Waals surface area (Å²) in [5.74, 6) is 0. The molecule has 3 aliphatic rings. The average Bonchev–Trinajstić information content (AvgIpc) is 2.57. The molecule has 1 aliphatic carbocycles. The number of amides is 2. The highest BCUT2D eigenvalue weighted by Crippen LogP contribution is 2.27. The number of carbonyl (C=O) groups excluding carboxylic acids is 1. The molecule has 18 heavy (non-hydrogen) atoms. The summed E-state index contributed by atoms with van der Waals surface area (Å²) in [6.45, 7) is 3.79. The van der Waals surface area contributed by atoms with E-state index in [1.165, 1.54) is 38.5 Å². The van der Waals surface area contributed by atoms with Gasteiger partial charge in [0.15, 0.2) is 0 Å². The normalized spacial score (nSPS) is 29.8. The van der Waals surface area contributed by atoms with Crippen molar-refractivity contribution in [1.29, 1.82) is 0 Å². The van der Waals surface area contributed by atoms with E-state index in [9.17, 15) is 4.79 Å². The maximum atomic E-state index is 12.4. The van der Waals surface area contributed by atoms with Gasteiger partial charge in [-0.2, -0.15) is 0 Å². The molecule has 2 saturated heterocycles. The minimum Gasteiger partial charge on any atom is -0.320 e. The van der Waals surface area contributed by atoms with Crippen LogP contribution in [0.5, 0.6) is 0 Å². The summed E-state index contributed by atoms with van der Waals surface area (Å²) >= 11 is 0. The second-order valence-electron chi connectivity index (χ2n) is 5.63. The van der Waals surface area contributed by atoms with Gasteiger partial charge in [0.05, 0.1) is 6.04 Å². The molecule has 0 aromatic heterocycles. The Kier molecular flexibility index (Phi) is 4.73. The van der Waals surface area contributed by atoms with Crippen molar-refractivity contribution in [2.24, 2.45) is 0 Å². The molecule has 0 aromatic carbocycles. The molecule has 1 N–H and O–H groups in total. The maximum Gasteiger partial charge on any atom is 0.320 e. The van der Waals surface area contributed by atoms with E-state index in [-0.39, 0.29) is 12.4 Å². The van der Waals surface area contributed by atoms with Crippen molar-refractivity contribution in [3.8, 4) is 0 Å². The largest absolute Gasteiger partial charge is 0.320 e. The third-order valence-corrected chi connectivity index (χ3v) is 4.51. The Bertz CT molecular complexity index is 292. The van der Waals surface area contributed by atoms with Crippen molar-refractivity contribution in [2.75, 3.05) is 26.2 Å².